The van der Waals surface area contributed by atoms with E-state index in [1.54, 1.807) is 0 Å². The van der Waals surface area contributed by atoms with Crippen molar-refractivity contribution < 1.29 is 0 Å². The molecule has 0 aliphatic carbocycles. The zero-order valence-corrected chi connectivity index (χ0v) is 14.9. The van der Waals surface area contributed by atoms with Crippen LogP contribution in [0.2, 0.25) is 0 Å². The van der Waals surface area contributed by atoms with Crippen LogP contribution in [0.1, 0.15) is 88.0 Å². The molecule has 1 saturated heterocycles. The SMILES string of the molecule is CCC1C(C)(C)CC(C)(C)NC(C)(C)CC1(C)CC. The van der Waals surface area contributed by atoms with Gasteiger partial charge in [-0.2, -0.15) is 0 Å². The molecule has 2 atom stereocenters. The second-order valence-corrected chi connectivity index (χ2v) is 9.20. The molecule has 1 rings (SSSR count). The lowest BCUT2D eigenvalue weighted by molar-refractivity contribution is -0.0261. The van der Waals surface area contributed by atoms with Gasteiger partial charge in [0.05, 0.1) is 0 Å². The Bertz CT molecular complexity index is 314. The Kier molecular flexibility index (Phi) is 4.53. The molecule has 1 aliphatic heterocycles. The molecule has 2 unspecified atom stereocenters. The van der Waals surface area contributed by atoms with Gasteiger partial charge in [-0.25, -0.2) is 0 Å². The van der Waals surface area contributed by atoms with Gasteiger partial charge in [-0.05, 0) is 57.3 Å². The van der Waals surface area contributed by atoms with Gasteiger partial charge in [0, 0.05) is 11.1 Å². The Morgan fingerprint density at radius 2 is 1.32 bits per heavy atom. The second-order valence-electron chi connectivity index (χ2n) is 9.20. The minimum Gasteiger partial charge on any atom is -0.307 e. The maximum Gasteiger partial charge on any atom is 0.0135 e. The molecule has 0 bridgehead atoms. The lowest BCUT2D eigenvalue weighted by Crippen LogP contribution is -2.60. The van der Waals surface area contributed by atoms with Crippen molar-refractivity contribution in [2.75, 3.05) is 0 Å². The first-order valence-corrected chi connectivity index (χ1v) is 8.17. The normalized spacial score (nSPS) is 37.4. The summed E-state index contributed by atoms with van der Waals surface area (Å²) < 4.78 is 0. The molecule has 0 aromatic carbocycles. The van der Waals surface area contributed by atoms with E-state index in [-0.39, 0.29) is 11.1 Å². The fourth-order valence-electron chi connectivity index (χ4n) is 5.76. The van der Waals surface area contributed by atoms with Gasteiger partial charge in [0.15, 0.2) is 0 Å². The summed E-state index contributed by atoms with van der Waals surface area (Å²) in [5.41, 5.74) is 1.27. The summed E-state index contributed by atoms with van der Waals surface area (Å²) in [7, 11) is 0. The summed E-state index contributed by atoms with van der Waals surface area (Å²) in [6.07, 6.45) is 5.09. The van der Waals surface area contributed by atoms with E-state index >= 15 is 0 Å². The average molecular weight is 268 g/mol. The minimum atomic E-state index is 0.218. The fourth-order valence-corrected chi connectivity index (χ4v) is 5.76. The number of hydrogen-bond donors (Lipinski definition) is 1. The predicted molar refractivity (Wildman–Crippen MR) is 86.5 cm³/mol. The largest absolute Gasteiger partial charge is 0.307 e. The Hall–Kier alpha value is -0.0400. The monoisotopic (exact) mass is 267 g/mol. The van der Waals surface area contributed by atoms with Crippen LogP contribution in [0.3, 0.4) is 0 Å². The maximum atomic E-state index is 3.92. The van der Waals surface area contributed by atoms with Crippen LogP contribution in [0.4, 0.5) is 0 Å². The average Bonchev–Trinajstić information content (AvgIpc) is 2.11. The molecule has 1 N–H and O–H groups in total. The summed E-state index contributed by atoms with van der Waals surface area (Å²) in [5.74, 6) is 0.797. The van der Waals surface area contributed by atoms with Crippen molar-refractivity contribution in [3.05, 3.63) is 0 Å². The third-order valence-electron chi connectivity index (χ3n) is 5.42. The molecule has 1 heteroatoms. The van der Waals surface area contributed by atoms with Gasteiger partial charge < -0.3 is 5.32 Å². The second kappa shape index (κ2) is 5.06. The third-order valence-corrected chi connectivity index (χ3v) is 5.42. The molecule has 1 nitrogen and oxygen atoms in total. The lowest BCUT2D eigenvalue weighted by atomic mass is 9.54. The van der Waals surface area contributed by atoms with Crippen LogP contribution in [0.15, 0.2) is 0 Å². The van der Waals surface area contributed by atoms with Crippen molar-refractivity contribution in [2.45, 2.75) is 99.1 Å². The van der Waals surface area contributed by atoms with Gasteiger partial charge in [-0.15, -0.1) is 0 Å². The van der Waals surface area contributed by atoms with Crippen molar-refractivity contribution in [1.82, 2.24) is 5.32 Å². The summed E-state index contributed by atoms with van der Waals surface area (Å²) in [4.78, 5) is 0. The molecule has 1 aliphatic rings. The number of hydrogen-bond acceptors (Lipinski definition) is 1. The molecule has 0 radical (unpaired) electrons. The van der Waals surface area contributed by atoms with E-state index in [4.69, 9.17) is 0 Å². The molecule has 1 heterocycles. The topological polar surface area (TPSA) is 12.0 Å². The predicted octanol–water partition coefficient (Wildman–Crippen LogP) is 5.40. The standard InChI is InChI=1S/C18H37N/c1-10-14-15(3,4)12-16(5,6)19-17(7,8)13-18(14,9)11-2/h14,19H,10-13H2,1-9H3. The number of rotatable bonds is 2. The molecule has 0 spiro atoms. The van der Waals surface area contributed by atoms with Crippen LogP contribution >= 0.6 is 0 Å². The quantitative estimate of drug-likeness (QED) is 0.706. The van der Waals surface area contributed by atoms with Crippen molar-refractivity contribution in [2.24, 2.45) is 16.7 Å². The molecule has 1 fully saturated rings. The highest BCUT2D eigenvalue weighted by molar-refractivity contribution is 5.03. The Labute approximate surface area is 121 Å². The van der Waals surface area contributed by atoms with Gasteiger partial charge >= 0.3 is 0 Å². The Balaban J connectivity index is 3.25. The lowest BCUT2D eigenvalue weighted by Gasteiger charge is -2.56. The van der Waals surface area contributed by atoms with E-state index in [9.17, 15) is 0 Å². The first kappa shape index (κ1) is 17.0. The molecule has 114 valence electrons. The van der Waals surface area contributed by atoms with Crippen LogP contribution in [-0.4, -0.2) is 11.1 Å². The van der Waals surface area contributed by atoms with Crippen LogP contribution < -0.4 is 5.32 Å². The molecular weight excluding hydrogens is 230 g/mol. The van der Waals surface area contributed by atoms with E-state index in [1.807, 2.05) is 0 Å². The summed E-state index contributed by atoms with van der Waals surface area (Å²) >= 11 is 0. The van der Waals surface area contributed by atoms with Crippen molar-refractivity contribution >= 4 is 0 Å². The first-order valence-electron chi connectivity index (χ1n) is 8.17. The summed E-state index contributed by atoms with van der Waals surface area (Å²) in [6.45, 7) is 21.8. The van der Waals surface area contributed by atoms with Crippen molar-refractivity contribution in [3.8, 4) is 0 Å². The smallest absolute Gasteiger partial charge is 0.0135 e. The van der Waals surface area contributed by atoms with Crippen LogP contribution in [0, 0.1) is 16.7 Å². The van der Waals surface area contributed by atoms with E-state index in [0.29, 0.717) is 10.8 Å². The van der Waals surface area contributed by atoms with Crippen LogP contribution in [0.25, 0.3) is 0 Å². The first-order chi connectivity index (χ1) is 8.37. The maximum absolute atomic E-state index is 3.92. The molecule has 0 aromatic heterocycles. The minimum absolute atomic E-state index is 0.218. The van der Waals surface area contributed by atoms with Gasteiger partial charge in [0.1, 0.15) is 0 Å². The zero-order valence-electron chi connectivity index (χ0n) is 14.9. The van der Waals surface area contributed by atoms with Crippen molar-refractivity contribution in [1.29, 1.82) is 0 Å². The van der Waals surface area contributed by atoms with E-state index in [2.05, 4.69) is 67.6 Å². The number of nitrogens with one attached hydrogen (secondary N) is 1. The van der Waals surface area contributed by atoms with Crippen LogP contribution in [-0.2, 0) is 0 Å². The Morgan fingerprint density at radius 3 is 1.74 bits per heavy atom. The molecule has 0 aromatic rings. The van der Waals surface area contributed by atoms with Gasteiger partial charge in [-0.3, -0.25) is 0 Å². The summed E-state index contributed by atoms with van der Waals surface area (Å²) in [6, 6.07) is 0. The third kappa shape index (κ3) is 3.74. The van der Waals surface area contributed by atoms with Gasteiger partial charge in [0.2, 0.25) is 0 Å². The Morgan fingerprint density at radius 1 is 0.842 bits per heavy atom. The fraction of sp³-hybridized carbons (Fsp3) is 1.00. The summed E-state index contributed by atoms with van der Waals surface area (Å²) in [5, 5.41) is 3.92. The van der Waals surface area contributed by atoms with E-state index < -0.39 is 0 Å². The van der Waals surface area contributed by atoms with Gasteiger partial charge in [0.25, 0.3) is 0 Å². The highest BCUT2D eigenvalue weighted by Gasteiger charge is 2.48. The molecule has 0 amide bonds. The van der Waals surface area contributed by atoms with Crippen molar-refractivity contribution in [3.63, 3.8) is 0 Å². The molecule has 0 saturated carbocycles. The van der Waals surface area contributed by atoms with Crippen LogP contribution in [0.5, 0.6) is 0 Å². The highest BCUT2D eigenvalue weighted by atomic mass is 15.0. The van der Waals surface area contributed by atoms with Gasteiger partial charge in [-0.1, -0.05) is 47.5 Å². The highest BCUT2D eigenvalue weighted by Crippen LogP contribution is 2.53. The van der Waals surface area contributed by atoms with E-state index in [0.717, 1.165) is 5.92 Å². The molecular formula is C18H37N. The van der Waals surface area contributed by atoms with E-state index in [1.165, 1.54) is 25.7 Å². The zero-order chi connectivity index (χ0) is 15.1. The molecule has 19 heavy (non-hydrogen) atoms.